The van der Waals surface area contributed by atoms with Crippen molar-refractivity contribution in [2.24, 2.45) is 11.8 Å². The maximum Gasteiger partial charge on any atom is 0.243 e. The highest BCUT2D eigenvalue weighted by Gasteiger charge is 2.40. The van der Waals surface area contributed by atoms with Crippen LogP contribution in [0.3, 0.4) is 0 Å². The maximum absolute atomic E-state index is 13.8. The lowest BCUT2D eigenvalue weighted by atomic mass is 9.82. The van der Waals surface area contributed by atoms with E-state index < -0.39 is 42.1 Å². The van der Waals surface area contributed by atoms with Crippen LogP contribution in [0.2, 0.25) is 0 Å². The molecule has 10 nitrogen and oxygen atoms in total. The standard InChI is InChI=1S/C31H44N5O5/c1-2-27(37)34-25(16-21-11-7-4-8-12-21)30(40)36-26(17-23-18-32-19-33-23)31(41)35-24(15-20-9-5-3-6-10-20)29(39)28(38)22-13-14-22/h2,4,7-8,11-12,18-20,22,24-26,28-29,38-39H,3,5-6,9-10,13-17H2,1H3,(H,32,33)(H,34,37)(H,35,41)(H,36,40)/t24-,25-,26-,28-,29+/m0/s1. The zero-order chi connectivity index (χ0) is 29.2. The number of imidazole rings is 1. The topological polar surface area (TPSA) is 156 Å². The van der Waals surface area contributed by atoms with Crippen LogP contribution in [0.4, 0.5) is 0 Å². The van der Waals surface area contributed by atoms with E-state index in [0.717, 1.165) is 44.1 Å². The third kappa shape index (κ3) is 9.39. The van der Waals surface area contributed by atoms with Gasteiger partial charge in [0, 0.05) is 25.5 Å². The smallest absolute Gasteiger partial charge is 0.243 e. The first-order chi connectivity index (χ1) is 19.8. The Morgan fingerprint density at radius 3 is 2.27 bits per heavy atom. The summed E-state index contributed by atoms with van der Waals surface area (Å²) in [4.78, 5) is 46.7. The van der Waals surface area contributed by atoms with Crippen LogP contribution in [-0.4, -0.2) is 68.2 Å². The summed E-state index contributed by atoms with van der Waals surface area (Å²) in [6.45, 7) is 1.59. The molecule has 0 spiro atoms. The van der Waals surface area contributed by atoms with Crippen LogP contribution < -0.4 is 16.0 Å². The fourth-order valence-corrected chi connectivity index (χ4v) is 5.71. The Hall–Kier alpha value is -3.24. The summed E-state index contributed by atoms with van der Waals surface area (Å²) in [7, 11) is 0. The number of H-pyrrole nitrogens is 1. The number of benzene rings is 1. The Labute approximate surface area is 242 Å². The van der Waals surface area contributed by atoms with Gasteiger partial charge in [-0.1, -0.05) is 69.4 Å². The highest BCUT2D eigenvalue weighted by Crippen LogP contribution is 2.36. The van der Waals surface area contributed by atoms with Gasteiger partial charge in [-0.3, -0.25) is 14.4 Å². The van der Waals surface area contributed by atoms with E-state index in [0.29, 0.717) is 18.0 Å². The molecule has 2 fully saturated rings. The van der Waals surface area contributed by atoms with Crippen molar-refractivity contribution in [3.05, 3.63) is 60.5 Å². The van der Waals surface area contributed by atoms with Crippen LogP contribution in [0.1, 0.15) is 69.5 Å². The minimum absolute atomic E-state index is 0.0491. The van der Waals surface area contributed by atoms with Gasteiger partial charge >= 0.3 is 0 Å². The molecule has 0 saturated heterocycles. The number of carbonyl (C=O) groups excluding carboxylic acids is 3. The van der Waals surface area contributed by atoms with Crippen molar-refractivity contribution < 1.29 is 24.6 Å². The monoisotopic (exact) mass is 566 g/mol. The van der Waals surface area contributed by atoms with E-state index >= 15 is 0 Å². The predicted molar refractivity (Wildman–Crippen MR) is 154 cm³/mol. The van der Waals surface area contributed by atoms with Crippen LogP contribution in [0, 0.1) is 18.3 Å². The molecule has 2 aliphatic carbocycles. The summed E-state index contributed by atoms with van der Waals surface area (Å²) in [6, 6.07) is 6.78. The van der Waals surface area contributed by atoms with Gasteiger partial charge in [0.15, 0.2) is 0 Å². The third-order valence-corrected chi connectivity index (χ3v) is 8.29. The number of nitrogens with zero attached hydrogens (tertiary/aromatic N) is 1. The molecular formula is C31H44N5O5. The van der Waals surface area contributed by atoms with Crippen molar-refractivity contribution in [3.8, 4) is 0 Å². The number of aliphatic hydroxyl groups is 2. The lowest BCUT2D eigenvalue weighted by Crippen LogP contribution is -2.58. The van der Waals surface area contributed by atoms with Gasteiger partial charge in [0.1, 0.15) is 18.2 Å². The zero-order valence-electron chi connectivity index (χ0n) is 23.8. The van der Waals surface area contributed by atoms with E-state index in [-0.39, 0.29) is 24.7 Å². The van der Waals surface area contributed by atoms with Crippen LogP contribution in [0.5, 0.6) is 0 Å². The average Bonchev–Trinajstić information content (AvgIpc) is 3.71. The Kier molecular flexibility index (Phi) is 11.3. The Balaban J connectivity index is 1.51. The minimum Gasteiger partial charge on any atom is -0.390 e. The quantitative estimate of drug-likeness (QED) is 0.194. The lowest BCUT2D eigenvalue weighted by molar-refractivity contribution is -0.132. The normalized spacial score (nSPS) is 19.4. The van der Waals surface area contributed by atoms with Gasteiger partial charge in [0.2, 0.25) is 17.7 Å². The molecule has 10 heteroatoms. The summed E-state index contributed by atoms with van der Waals surface area (Å²) in [5, 5.41) is 30.5. The van der Waals surface area contributed by atoms with Crippen LogP contribution in [0.15, 0.2) is 42.9 Å². The fourth-order valence-electron chi connectivity index (χ4n) is 5.71. The zero-order valence-corrected chi connectivity index (χ0v) is 23.8. The van der Waals surface area contributed by atoms with Gasteiger partial charge < -0.3 is 31.1 Å². The summed E-state index contributed by atoms with van der Waals surface area (Å²) >= 11 is 0. The summed E-state index contributed by atoms with van der Waals surface area (Å²) < 4.78 is 0. The van der Waals surface area contributed by atoms with Gasteiger partial charge in [-0.15, -0.1) is 0 Å². The second-order valence-electron chi connectivity index (χ2n) is 11.5. The van der Waals surface area contributed by atoms with Crippen molar-refractivity contribution in [1.82, 2.24) is 25.9 Å². The maximum atomic E-state index is 13.8. The largest absolute Gasteiger partial charge is 0.390 e. The lowest BCUT2D eigenvalue weighted by Gasteiger charge is -2.33. The van der Waals surface area contributed by atoms with E-state index in [1.165, 1.54) is 19.2 Å². The molecule has 0 bridgehead atoms. The molecule has 0 unspecified atom stereocenters. The Morgan fingerprint density at radius 1 is 0.951 bits per heavy atom. The molecule has 1 aromatic heterocycles. The second-order valence-corrected chi connectivity index (χ2v) is 11.5. The third-order valence-electron chi connectivity index (χ3n) is 8.29. The summed E-state index contributed by atoms with van der Waals surface area (Å²) in [6.07, 6.45) is 10.7. The number of hydrogen-bond acceptors (Lipinski definition) is 6. The SMILES string of the molecule is C[CH]C(=O)N[C@@H](Cc1ccccc1)C(=O)N[C@@H](Cc1c[nH]cn1)C(=O)N[C@@H](CC1CCCCC1)[C@@H](O)[C@@H](O)C1CC1. The molecule has 1 heterocycles. The molecule has 2 aromatic rings. The van der Waals surface area contributed by atoms with Gasteiger partial charge in [-0.05, 0) is 36.7 Å². The van der Waals surface area contributed by atoms with Crippen LogP contribution in [-0.2, 0) is 27.2 Å². The number of hydrogen-bond donors (Lipinski definition) is 6. The number of carbonyl (C=O) groups is 3. The Morgan fingerprint density at radius 2 is 1.63 bits per heavy atom. The summed E-state index contributed by atoms with van der Waals surface area (Å²) in [5.74, 6) is -0.949. The van der Waals surface area contributed by atoms with E-state index in [4.69, 9.17) is 0 Å². The van der Waals surface area contributed by atoms with Crippen LogP contribution in [0.25, 0.3) is 0 Å². The number of aromatic amines is 1. The molecule has 6 N–H and O–H groups in total. The molecule has 41 heavy (non-hydrogen) atoms. The van der Waals surface area contributed by atoms with Crippen molar-refractivity contribution in [2.75, 3.05) is 0 Å². The molecule has 4 rings (SSSR count). The van der Waals surface area contributed by atoms with Gasteiger partial charge in [0.05, 0.1) is 24.2 Å². The highest BCUT2D eigenvalue weighted by molar-refractivity contribution is 5.94. The first-order valence-corrected chi connectivity index (χ1v) is 14.9. The van der Waals surface area contributed by atoms with E-state index in [1.54, 1.807) is 13.1 Å². The first-order valence-electron chi connectivity index (χ1n) is 14.9. The molecule has 1 aromatic carbocycles. The molecule has 2 aliphatic rings. The van der Waals surface area contributed by atoms with E-state index in [2.05, 4.69) is 25.9 Å². The predicted octanol–water partition coefficient (Wildman–Crippen LogP) is 1.98. The van der Waals surface area contributed by atoms with E-state index in [9.17, 15) is 24.6 Å². The number of rotatable bonds is 15. The molecule has 2 saturated carbocycles. The Bertz CT molecular complexity index is 1100. The molecule has 1 radical (unpaired) electrons. The van der Waals surface area contributed by atoms with Crippen molar-refractivity contribution in [2.45, 2.75) is 101 Å². The van der Waals surface area contributed by atoms with Crippen molar-refractivity contribution >= 4 is 17.7 Å². The van der Waals surface area contributed by atoms with E-state index in [1.807, 2.05) is 30.3 Å². The molecule has 223 valence electrons. The highest BCUT2D eigenvalue weighted by atomic mass is 16.3. The van der Waals surface area contributed by atoms with Crippen LogP contribution >= 0.6 is 0 Å². The number of aromatic nitrogens is 2. The van der Waals surface area contributed by atoms with Crippen molar-refractivity contribution in [3.63, 3.8) is 0 Å². The number of nitrogens with one attached hydrogen (secondary N) is 4. The molecule has 5 atom stereocenters. The number of amides is 3. The minimum atomic E-state index is -1.10. The van der Waals surface area contributed by atoms with Crippen molar-refractivity contribution in [1.29, 1.82) is 0 Å². The molecule has 3 amide bonds. The first kappa shape index (κ1) is 30.7. The summed E-state index contributed by atoms with van der Waals surface area (Å²) in [5.41, 5.74) is 1.44. The van der Waals surface area contributed by atoms with Gasteiger partial charge in [0.25, 0.3) is 0 Å². The second kappa shape index (κ2) is 15.1. The van der Waals surface area contributed by atoms with Gasteiger partial charge in [-0.25, -0.2) is 4.98 Å². The van der Waals surface area contributed by atoms with Gasteiger partial charge in [-0.2, -0.15) is 0 Å². The average molecular weight is 567 g/mol. The fraction of sp³-hybridized carbons (Fsp3) is 0.581. The molecular weight excluding hydrogens is 522 g/mol. The molecule has 0 aliphatic heterocycles. The number of aliphatic hydroxyl groups excluding tert-OH is 2.